The summed E-state index contributed by atoms with van der Waals surface area (Å²) in [5.74, 6) is 0.881. The zero-order chi connectivity index (χ0) is 15.2. The lowest BCUT2D eigenvalue weighted by Gasteiger charge is -2.06. The highest BCUT2D eigenvalue weighted by atomic mass is 16.5. The molecule has 2 aromatic heterocycles. The highest BCUT2D eigenvalue weighted by Crippen LogP contribution is 2.18. The average molecular weight is 294 g/mol. The van der Waals surface area contributed by atoms with Crippen LogP contribution >= 0.6 is 0 Å². The van der Waals surface area contributed by atoms with Gasteiger partial charge in [-0.3, -0.25) is 4.98 Å². The van der Waals surface area contributed by atoms with Crippen LogP contribution in [-0.4, -0.2) is 26.6 Å². The molecule has 0 fully saturated rings. The van der Waals surface area contributed by atoms with Crippen LogP contribution in [-0.2, 0) is 0 Å². The van der Waals surface area contributed by atoms with Crippen LogP contribution in [0, 0.1) is 0 Å². The first-order chi connectivity index (χ1) is 10.9. The summed E-state index contributed by atoms with van der Waals surface area (Å²) >= 11 is 0. The van der Waals surface area contributed by atoms with Crippen molar-refractivity contribution in [3.63, 3.8) is 0 Å². The van der Waals surface area contributed by atoms with Crippen LogP contribution in [0.2, 0.25) is 0 Å². The van der Waals surface area contributed by atoms with Gasteiger partial charge in [0.05, 0.1) is 18.5 Å². The minimum atomic E-state index is 0.755. The molecule has 0 atom stereocenters. The van der Waals surface area contributed by atoms with E-state index in [-0.39, 0.29) is 0 Å². The van der Waals surface area contributed by atoms with Gasteiger partial charge in [-0.25, -0.2) is 4.68 Å². The number of pyridine rings is 1. The molecule has 0 aliphatic rings. The monoisotopic (exact) mass is 294 g/mol. The molecule has 0 radical (unpaired) electrons. The highest BCUT2D eigenvalue weighted by molar-refractivity contribution is 5.57. The van der Waals surface area contributed by atoms with Gasteiger partial charge in [0, 0.05) is 18.0 Å². The molecular formula is C17H18N4O. The van der Waals surface area contributed by atoms with Gasteiger partial charge < -0.3 is 4.74 Å². The quantitative estimate of drug-likeness (QED) is 0.653. The summed E-state index contributed by atoms with van der Waals surface area (Å²) in [4.78, 5) is 4.01. The van der Waals surface area contributed by atoms with E-state index in [0.717, 1.165) is 42.1 Å². The highest BCUT2D eigenvalue weighted by Gasteiger charge is 2.05. The van der Waals surface area contributed by atoms with E-state index in [1.165, 1.54) is 0 Å². The third-order valence-electron chi connectivity index (χ3n) is 3.34. The maximum Gasteiger partial charge on any atom is 0.119 e. The summed E-state index contributed by atoms with van der Waals surface area (Å²) < 4.78 is 7.42. The van der Waals surface area contributed by atoms with Crippen molar-refractivity contribution in [3.8, 4) is 22.7 Å². The number of benzene rings is 1. The lowest BCUT2D eigenvalue weighted by atomic mass is 10.2. The molecule has 0 aliphatic heterocycles. The van der Waals surface area contributed by atoms with Crippen molar-refractivity contribution in [2.75, 3.05) is 6.61 Å². The van der Waals surface area contributed by atoms with Crippen LogP contribution in [0.25, 0.3) is 16.9 Å². The molecule has 0 aliphatic carbocycles. The molecule has 2 heterocycles. The maximum absolute atomic E-state index is 5.66. The Morgan fingerprint density at radius 1 is 1.05 bits per heavy atom. The third kappa shape index (κ3) is 3.31. The molecule has 5 nitrogen and oxygen atoms in total. The first kappa shape index (κ1) is 14.3. The predicted octanol–water partition coefficient (Wildman–Crippen LogP) is 3.51. The zero-order valence-corrected chi connectivity index (χ0v) is 12.5. The van der Waals surface area contributed by atoms with Gasteiger partial charge in [-0.1, -0.05) is 18.6 Å². The van der Waals surface area contributed by atoms with Crippen molar-refractivity contribution < 1.29 is 4.74 Å². The van der Waals surface area contributed by atoms with Crippen molar-refractivity contribution in [1.82, 2.24) is 20.0 Å². The average Bonchev–Trinajstić information content (AvgIpc) is 3.07. The fraction of sp³-hybridized carbons (Fsp3) is 0.235. The first-order valence-corrected chi connectivity index (χ1v) is 7.43. The fourth-order valence-corrected chi connectivity index (χ4v) is 2.07. The second-order valence-corrected chi connectivity index (χ2v) is 4.98. The smallest absolute Gasteiger partial charge is 0.119 e. The molecule has 1 aromatic carbocycles. The van der Waals surface area contributed by atoms with Crippen LogP contribution in [0.15, 0.2) is 55.0 Å². The molecule has 0 saturated heterocycles. The molecule has 22 heavy (non-hydrogen) atoms. The Bertz CT molecular complexity index is 707. The van der Waals surface area contributed by atoms with Crippen LogP contribution in [0.1, 0.15) is 19.8 Å². The van der Waals surface area contributed by atoms with Crippen molar-refractivity contribution in [2.24, 2.45) is 0 Å². The fourth-order valence-electron chi connectivity index (χ4n) is 2.07. The number of hydrogen-bond donors (Lipinski definition) is 0. The van der Waals surface area contributed by atoms with Crippen LogP contribution < -0.4 is 4.74 Å². The van der Waals surface area contributed by atoms with E-state index in [1.807, 2.05) is 42.6 Å². The molecular weight excluding hydrogens is 276 g/mol. The van der Waals surface area contributed by atoms with E-state index in [0.29, 0.717) is 0 Å². The summed E-state index contributed by atoms with van der Waals surface area (Å²) in [6.45, 7) is 2.91. The van der Waals surface area contributed by atoms with Gasteiger partial charge >= 0.3 is 0 Å². The molecule has 3 rings (SSSR count). The lowest BCUT2D eigenvalue weighted by molar-refractivity contribution is 0.309. The van der Waals surface area contributed by atoms with Gasteiger partial charge in [-0.15, -0.1) is 5.10 Å². The Kier molecular flexibility index (Phi) is 4.44. The van der Waals surface area contributed by atoms with E-state index >= 15 is 0 Å². The molecule has 112 valence electrons. The molecule has 3 aromatic rings. The van der Waals surface area contributed by atoms with Crippen molar-refractivity contribution in [1.29, 1.82) is 0 Å². The minimum Gasteiger partial charge on any atom is -0.494 e. The predicted molar refractivity (Wildman–Crippen MR) is 85.0 cm³/mol. The van der Waals surface area contributed by atoms with E-state index in [9.17, 15) is 0 Å². The van der Waals surface area contributed by atoms with Gasteiger partial charge in [0.15, 0.2) is 0 Å². The van der Waals surface area contributed by atoms with Crippen LogP contribution in [0.3, 0.4) is 0 Å². The Morgan fingerprint density at radius 2 is 1.82 bits per heavy atom. The van der Waals surface area contributed by atoms with Gasteiger partial charge in [0.1, 0.15) is 11.4 Å². The summed E-state index contributed by atoms with van der Waals surface area (Å²) in [5.41, 5.74) is 2.78. The minimum absolute atomic E-state index is 0.755. The van der Waals surface area contributed by atoms with Crippen LogP contribution in [0.4, 0.5) is 0 Å². The number of aromatic nitrogens is 4. The third-order valence-corrected chi connectivity index (χ3v) is 3.34. The number of nitrogens with zero attached hydrogens (tertiary/aromatic N) is 4. The molecule has 5 heteroatoms. The Labute approximate surface area is 129 Å². The summed E-state index contributed by atoms with van der Waals surface area (Å²) in [6.07, 6.45) is 7.60. The van der Waals surface area contributed by atoms with E-state index in [1.54, 1.807) is 17.1 Å². The number of unbranched alkanes of at least 4 members (excludes halogenated alkanes) is 1. The second kappa shape index (κ2) is 6.85. The van der Waals surface area contributed by atoms with E-state index in [2.05, 4.69) is 22.2 Å². The SMILES string of the molecule is CCCCOc1ccc(-n2cc(-c3ccncc3)nn2)cc1. The number of hydrogen-bond acceptors (Lipinski definition) is 4. The molecule has 0 unspecified atom stereocenters. The van der Waals surface area contributed by atoms with Gasteiger partial charge in [0.2, 0.25) is 0 Å². The van der Waals surface area contributed by atoms with Gasteiger partial charge in [-0.05, 0) is 42.8 Å². The van der Waals surface area contributed by atoms with E-state index < -0.39 is 0 Å². The maximum atomic E-state index is 5.66. The zero-order valence-electron chi connectivity index (χ0n) is 12.5. The number of ether oxygens (including phenoxy) is 1. The normalized spacial score (nSPS) is 10.6. The number of rotatable bonds is 6. The van der Waals surface area contributed by atoms with Crippen molar-refractivity contribution >= 4 is 0 Å². The largest absolute Gasteiger partial charge is 0.494 e. The topological polar surface area (TPSA) is 52.8 Å². The van der Waals surface area contributed by atoms with Gasteiger partial charge in [-0.2, -0.15) is 0 Å². The summed E-state index contributed by atoms with van der Waals surface area (Å²) in [6, 6.07) is 11.7. The van der Waals surface area contributed by atoms with E-state index in [4.69, 9.17) is 4.74 Å². The molecule has 0 N–H and O–H groups in total. The molecule has 0 spiro atoms. The molecule has 0 saturated carbocycles. The van der Waals surface area contributed by atoms with Crippen molar-refractivity contribution in [3.05, 3.63) is 55.0 Å². The Hall–Kier alpha value is -2.69. The molecule has 0 amide bonds. The molecule has 0 bridgehead atoms. The van der Waals surface area contributed by atoms with Crippen molar-refractivity contribution in [2.45, 2.75) is 19.8 Å². The summed E-state index contributed by atoms with van der Waals surface area (Å²) in [5, 5.41) is 8.37. The Morgan fingerprint density at radius 3 is 2.55 bits per heavy atom. The second-order valence-electron chi connectivity index (χ2n) is 4.98. The van der Waals surface area contributed by atoms with Crippen LogP contribution in [0.5, 0.6) is 5.75 Å². The Balaban J connectivity index is 1.73. The first-order valence-electron chi connectivity index (χ1n) is 7.43. The standard InChI is InChI=1S/C17H18N4O/c1-2-3-12-22-16-6-4-15(5-7-16)21-13-17(19-20-21)14-8-10-18-11-9-14/h4-11,13H,2-3,12H2,1H3. The summed E-state index contributed by atoms with van der Waals surface area (Å²) in [7, 11) is 0. The van der Waals surface area contributed by atoms with Gasteiger partial charge in [0.25, 0.3) is 0 Å². The lowest BCUT2D eigenvalue weighted by Crippen LogP contribution is -1.98.